The smallest absolute Gasteiger partial charge is 0.243 e. The first-order valence-corrected chi connectivity index (χ1v) is 11.8. The summed E-state index contributed by atoms with van der Waals surface area (Å²) in [5, 5.41) is 11.3. The SMILES string of the molecule is Cc1cc(C)c(B(c2ccccc2/C(O)=C\c2ccccn2)c2c(C)cc(C)cc2C)c(C)c1. The second kappa shape index (κ2) is 9.73. The number of aromatic nitrogens is 1. The molecule has 0 spiro atoms. The van der Waals surface area contributed by atoms with Crippen LogP contribution in [0.5, 0.6) is 0 Å². The molecule has 3 aromatic carbocycles. The van der Waals surface area contributed by atoms with Gasteiger partial charge in [-0.2, -0.15) is 0 Å². The summed E-state index contributed by atoms with van der Waals surface area (Å²) < 4.78 is 0. The van der Waals surface area contributed by atoms with E-state index in [-0.39, 0.29) is 12.5 Å². The molecule has 0 saturated carbocycles. The summed E-state index contributed by atoms with van der Waals surface area (Å²) in [5.74, 6) is 0.226. The minimum atomic E-state index is -0.00307. The third-order valence-corrected chi connectivity index (χ3v) is 6.57. The Bertz CT molecular complexity index is 1270. The second-order valence-electron chi connectivity index (χ2n) is 9.43. The van der Waals surface area contributed by atoms with Crippen LogP contribution >= 0.6 is 0 Å². The molecule has 4 aromatic rings. The van der Waals surface area contributed by atoms with Crippen molar-refractivity contribution in [2.45, 2.75) is 41.5 Å². The van der Waals surface area contributed by atoms with E-state index < -0.39 is 0 Å². The number of hydrogen-bond acceptors (Lipinski definition) is 2. The summed E-state index contributed by atoms with van der Waals surface area (Å²) in [4.78, 5) is 4.37. The van der Waals surface area contributed by atoms with Crippen LogP contribution in [0.15, 0.2) is 72.9 Å². The standard InChI is InChI=1S/C31H32BNO/c1-20-15-22(3)30(23(4)16-20)32(31-24(5)17-21(2)18-25(31)6)28-13-8-7-12-27(28)29(34)19-26-11-9-10-14-33-26/h7-19,34H,1-6H3/b29-19+. The summed E-state index contributed by atoms with van der Waals surface area (Å²) in [6.07, 6.45) is 3.49. The lowest BCUT2D eigenvalue weighted by molar-refractivity contribution is 0.516. The van der Waals surface area contributed by atoms with Crippen molar-refractivity contribution >= 4 is 34.9 Å². The van der Waals surface area contributed by atoms with Crippen LogP contribution in [0.1, 0.15) is 44.6 Å². The minimum absolute atomic E-state index is 0.00307. The first-order chi connectivity index (χ1) is 16.3. The van der Waals surface area contributed by atoms with Crippen LogP contribution in [0.25, 0.3) is 11.8 Å². The number of hydrogen-bond donors (Lipinski definition) is 1. The fourth-order valence-corrected chi connectivity index (χ4v) is 5.41. The van der Waals surface area contributed by atoms with Gasteiger partial charge >= 0.3 is 0 Å². The van der Waals surface area contributed by atoms with Crippen LogP contribution in [0, 0.1) is 41.5 Å². The van der Waals surface area contributed by atoms with Crippen LogP contribution < -0.4 is 16.4 Å². The zero-order valence-corrected chi connectivity index (χ0v) is 21.0. The molecule has 0 aliphatic rings. The van der Waals surface area contributed by atoms with Crippen molar-refractivity contribution in [2.75, 3.05) is 0 Å². The molecule has 1 aromatic heterocycles. The molecule has 0 saturated heterocycles. The van der Waals surface area contributed by atoms with Gasteiger partial charge in [-0.05, 0) is 53.7 Å². The maximum absolute atomic E-state index is 11.3. The number of pyridine rings is 1. The van der Waals surface area contributed by atoms with E-state index in [2.05, 4.69) is 82.9 Å². The lowest BCUT2D eigenvalue weighted by Gasteiger charge is -2.26. The third kappa shape index (κ3) is 4.70. The average Bonchev–Trinajstić information content (AvgIpc) is 2.77. The van der Waals surface area contributed by atoms with Crippen molar-refractivity contribution in [3.63, 3.8) is 0 Å². The minimum Gasteiger partial charge on any atom is -0.507 e. The highest BCUT2D eigenvalue weighted by atomic mass is 16.3. The molecule has 0 bridgehead atoms. The number of aryl methyl sites for hydroxylation is 6. The first-order valence-electron chi connectivity index (χ1n) is 11.8. The predicted octanol–water partition coefficient (Wildman–Crippen LogP) is 5.50. The van der Waals surface area contributed by atoms with Gasteiger partial charge < -0.3 is 5.11 Å². The molecule has 4 rings (SSSR count). The zero-order valence-electron chi connectivity index (χ0n) is 21.0. The first kappa shape index (κ1) is 23.6. The lowest BCUT2D eigenvalue weighted by Crippen LogP contribution is -2.56. The van der Waals surface area contributed by atoms with Crippen molar-refractivity contribution in [1.29, 1.82) is 0 Å². The molecule has 0 aliphatic heterocycles. The van der Waals surface area contributed by atoms with Gasteiger partial charge in [-0.3, -0.25) is 4.98 Å². The Morgan fingerprint density at radius 3 is 1.71 bits per heavy atom. The number of aliphatic hydroxyl groups is 1. The molecule has 0 fully saturated rings. The van der Waals surface area contributed by atoms with Crippen LogP contribution in [0.4, 0.5) is 0 Å². The molecule has 1 heterocycles. The van der Waals surface area contributed by atoms with Gasteiger partial charge in [0.1, 0.15) is 5.76 Å². The summed E-state index contributed by atoms with van der Waals surface area (Å²) in [6, 6.07) is 23.0. The predicted molar refractivity (Wildman–Crippen MR) is 147 cm³/mol. The maximum Gasteiger partial charge on any atom is 0.243 e. The van der Waals surface area contributed by atoms with Crippen molar-refractivity contribution in [3.05, 3.63) is 118 Å². The maximum atomic E-state index is 11.3. The molecule has 2 nitrogen and oxygen atoms in total. The molecule has 1 N–H and O–H groups in total. The molecular formula is C31H32BNO. The number of nitrogens with zero attached hydrogens (tertiary/aromatic N) is 1. The van der Waals surface area contributed by atoms with Crippen LogP contribution in [0.3, 0.4) is 0 Å². The fourth-order valence-electron chi connectivity index (χ4n) is 5.41. The molecular weight excluding hydrogens is 413 g/mol. The van der Waals surface area contributed by atoms with E-state index in [4.69, 9.17) is 0 Å². The van der Waals surface area contributed by atoms with E-state index in [1.165, 1.54) is 44.3 Å². The molecule has 0 aliphatic carbocycles. The second-order valence-corrected chi connectivity index (χ2v) is 9.43. The van der Waals surface area contributed by atoms with Gasteiger partial charge in [0.15, 0.2) is 0 Å². The van der Waals surface area contributed by atoms with Gasteiger partial charge in [-0.15, -0.1) is 0 Å². The molecule has 0 unspecified atom stereocenters. The monoisotopic (exact) mass is 445 g/mol. The van der Waals surface area contributed by atoms with Gasteiger partial charge in [-0.1, -0.05) is 104 Å². The van der Waals surface area contributed by atoms with Crippen LogP contribution in [-0.2, 0) is 0 Å². The normalized spacial score (nSPS) is 11.5. The van der Waals surface area contributed by atoms with E-state index in [1.54, 1.807) is 12.3 Å². The Kier molecular flexibility index (Phi) is 6.74. The van der Waals surface area contributed by atoms with Crippen molar-refractivity contribution < 1.29 is 5.11 Å². The largest absolute Gasteiger partial charge is 0.507 e. The van der Waals surface area contributed by atoms with E-state index >= 15 is 0 Å². The molecule has 3 heteroatoms. The Morgan fingerprint density at radius 1 is 0.706 bits per heavy atom. The van der Waals surface area contributed by atoms with Crippen molar-refractivity contribution in [2.24, 2.45) is 0 Å². The van der Waals surface area contributed by atoms with Gasteiger partial charge in [0.2, 0.25) is 6.71 Å². The van der Waals surface area contributed by atoms with E-state index in [0.717, 1.165) is 16.7 Å². The van der Waals surface area contributed by atoms with Crippen LogP contribution in [-0.4, -0.2) is 16.8 Å². The van der Waals surface area contributed by atoms with Crippen molar-refractivity contribution in [1.82, 2.24) is 4.98 Å². The van der Waals surface area contributed by atoms with E-state index in [0.29, 0.717) is 0 Å². The Morgan fingerprint density at radius 2 is 1.21 bits per heavy atom. The van der Waals surface area contributed by atoms with Gasteiger partial charge in [-0.25, -0.2) is 0 Å². The Hall–Kier alpha value is -3.59. The topological polar surface area (TPSA) is 33.1 Å². The Labute approximate surface area is 204 Å². The van der Waals surface area contributed by atoms with Crippen molar-refractivity contribution in [3.8, 4) is 0 Å². The van der Waals surface area contributed by atoms with E-state index in [1.807, 2.05) is 30.3 Å². The molecule has 0 amide bonds. The van der Waals surface area contributed by atoms with Crippen LogP contribution in [0.2, 0.25) is 0 Å². The van der Waals surface area contributed by atoms with Gasteiger partial charge in [0, 0.05) is 17.8 Å². The fraction of sp³-hybridized carbons (Fsp3) is 0.194. The van der Waals surface area contributed by atoms with E-state index in [9.17, 15) is 5.11 Å². The Balaban J connectivity index is 2.02. The average molecular weight is 445 g/mol. The summed E-state index contributed by atoms with van der Waals surface area (Å²) in [5.41, 5.74) is 12.9. The molecule has 0 atom stereocenters. The van der Waals surface area contributed by atoms with Gasteiger partial charge in [0.25, 0.3) is 0 Å². The summed E-state index contributed by atoms with van der Waals surface area (Å²) in [6.45, 7) is 13.1. The quantitative estimate of drug-likeness (QED) is 0.325. The third-order valence-electron chi connectivity index (χ3n) is 6.57. The molecule has 170 valence electrons. The number of benzene rings is 3. The highest BCUT2D eigenvalue weighted by Gasteiger charge is 2.30. The molecule has 0 radical (unpaired) electrons. The summed E-state index contributed by atoms with van der Waals surface area (Å²) in [7, 11) is 0. The number of rotatable bonds is 5. The summed E-state index contributed by atoms with van der Waals surface area (Å²) >= 11 is 0. The highest BCUT2D eigenvalue weighted by Crippen LogP contribution is 2.17. The zero-order chi connectivity index (χ0) is 24.4. The van der Waals surface area contributed by atoms with Gasteiger partial charge in [0.05, 0.1) is 5.69 Å². The molecule has 34 heavy (non-hydrogen) atoms. The number of aliphatic hydroxyl groups excluding tert-OH is 1. The lowest BCUT2D eigenvalue weighted by atomic mass is 9.33. The highest BCUT2D eigenvalue weighted by molar-refractivity contribution is 6.97.